The lowest BCUT2D eigenvalue weighted by atomic mass is 9.88. The van der Waals surface area contributed by atoms with Crippen molar-refractivity contribution in [1.82, 2.24) is 24.8 Å². The molecule has 2 aliphatic heterocycles. The molecule has 8 heteroatoms. The van der Waals surface area contributed by atoms with Gasteiger partial charge in [-0.05, 0) is 38.1 Å². The van der Waals surface area contributed by atoms with Gasteiger partial charge in [0.25, 0.3) is 0 Å². The summed E-state index contributed by atoms with van der Waals surface area (Å²) in [7, 11) is 0. The molecule has 0 unspecified atom stereocenters. The fourth-order valence-electron chi connectivity index (χ4n) is 3.87. The van der Waals surface area contributed by atoms with E-state index in [9.17, 15) is 4.79 Å². The third-order valence-electron chi connectivity index (χ3n) is 5.61. The number of nitrogens with zero attached hydrogens (tertiary/aromatic N) is 5. The van der Waals surface area contributed by atoms with Gasteiger partial charge < -0.3 is 16.0 Å². The Bertz CT molecular complexity index is 825. The van der Waals surface area contributed by atoms with Gasteiger partial charge in [0, 0.05) is 55.6 Å². The molecular weight excluding hydrogens is 354 g/mol. The van der Waals surface area contributed by atoms with Crippen molar-refractivity contribution in [2.45, 2.75) is 19.4 Å². The Morgan fingerprint density at radius 2 is 1.82 bits per heavy atom. The lowest BCUT2D eigenvalue weighted by Gasteiger charge is -2.42. The van der Waals surface area contributed by atoms with Gasteiger partial charge in [0.2, 0.25) is 11.9 Å². The molecule has 2 aromatic heterocycles. The van der Waals surface area contributed by atoms with Gasteiger partial charge in [0.1, 0.15) is 0 Å². The van der Waals surface area contributed by atoms with Crippen LogP contribution in [0.25, 0.3) is 0 Å². The summed E-state index contributed by atoms with van der Waals surface area (Å²) in [6.07, 6.45) is 6.96. The smallest absolute Gasteiger partial charge is 0.225 e. The van der Waals surface area contributed by atoms with E-state index in [1.165, 1.54) is 0 Å². The van der Waals surface area contributed by atoms with E-state index in [1.807, 2.05) is 23.1 Å². The van der Waals surface area contributed by atoms with E-state index in [0.29, 0.717) is 24.5 Å². The van der Waals surface area contributed by atoms with Gasteiger partial charge in [-0.25, -0.2) is 9.97 Å². The average Bonchev–Trinajstić information content (AvgIpc) is 2.69. The average molecular weight is 379 g/mol. The molecule has 2 saturated heterocycles. The maximum Gasteiger partial charge on any atom is 0.225 e. The highest BCUT2D eigenvalue weighted by Gasteiger charge is 2.38. The molecule has 0 saturated carbocycles. The van der Waals surface area contributed by atoms with Crippen LogP contribution in [0.4, 0.5) is 5.95 Å². The molecule has 8 nitrogen and oxygen atoms in total. The van der Waals surface area contributed by atoms with E-state index >= 15 is 0 Å². The third-order valence-corrected chi connectivity index (χ3v) is 5.61. The first-order valence-electron chi connectivity index (χ1n) is 9.67. The van der Waals surface area contributed by atoms with Crippen LogP contribution in [0.1, 0.15) is 24.1 Å². The van der Waals surface area contributed by atoms with Crippen LogP contribution < -0.4 is 5.73 Å². The first kappa shape index (κ1) is 18.5. The van der Waals surface area contributed by atoms with Crippen LogP contribution >= 0.6 is 0 Å². The number of anilines is 1. The quantitative estimate of drug-likeness (QED) is 0.755. The summed E-state index contributed by atoms with van der Waals surface area (Å²) in [6, 6.07) is 5.59. The highest BCUT2D eigenvalue weighted by molar-refractivity contribution is 6.00. The summed E-state index contributed by atoms with van der Waals surface area (Å²) in [4.78, 5) is 29.3. The van der Waals surface area contributed by atoms with Crippen LogP contribution in [0.3, 0.4) is 0 Å². The van der Waals surface area contributed by atoms with Crippen molar-refractivity contribution in [3.63, 3.8) is 0 Å². The molecule has 4 rings (SSSR count). The van der Waals surface area contributed by atoms with E-state index in [0.717, 1.165) is 38.0 Å². The van der Waals surface area contributed by atoms with Crippen LogP contribution in [0.5, 0.6) is 0 Å². The monoisotopic (exact) mass is 379 g/mol. The molecule has 3 N–H and O–H groups in total. The lowest BCUT2D eigenvalue weighted by molar-refractivity contribution is -0.142. The van der Waals surface area contributed by atoms with Crippen molar-refractivity contribution < 1.29 is 4.79 Å². The Morgan fingerprint density at radius 3 is 2.46 bits per heavy atom. The zero-order chi connectivity index (χ0) is 19.5. The molecule has 0 spiro atoms. The summed E-state index contributed by atoms with van der Waals surface area (Å²) in [6.45, 7) is 3.84. The number of nitrogens with two attached hydrogens (primary N) is 1. The normalized spacial score (nSPS) is 18.6. The van der Waals surface area contributed by atoms with Crippen molar-refractivity contribution >= 4 is 17.6 Å². The number of carbonyl (C=O) groups excluding carboxylic acids is 1. The molecule has 1 amide bonds. The molecule has 4 heterocycles. The number of carbonyl (C=O) groups is 1. The second-order valence-corrected chi connectivity index (χ2v) is 7.57. The van der Waals surface area contributed by atoms with Crippen molar-refractivity contribution in [3.05, 3.63) is 48.0 Å². The molecule has 2 aromatic rings. The number of likely N-dealkylation sites (tertiary alicyclic amines) is 2. The summed E-state index contributed by atoms with van der Waals surface area (Å²) in [5.74, 6) is 0.714. The first-order chi connectivity index (χ1) is 13.6. The standard InChI is InChI=1S/C20H25N7O/c21-18(17-3-1-2-6-23-17)16-12-27(13-16)19(28)15-4-7-26(8-5-15)11-14-9-24-20(22)25-10-14/h1-3,6,9-10,15-16,21H,4-5,7-8,11-13H2,(H2,22,24,25). The van der Waals surface area contributed by atoms with Crippen molar-refractivity contribution in [2.24, 2.45) is 11.8 Å². The number of pyridine rings is 1. The van der Waals surface area contributed by atoms with E-state index in [2.05, 4.69) is 19.9 Å². The van der Waals surface area contributed by atoms with Gasteiger partial charge in [-0.15, -0.1) is 0 Å². The molecule has 0 aromatic carbocycles. The molecule has 0 bridgehead atoms. The van der Waals surface area contributed by atoms with Gasteiger partial charge in [-0.1, -0.05) is 6.07 Å². The van der Waals surface area contributed by atoms with Crippen LogP contribution in [-0.2, 0) is 11.3 Å². The van der Waals surface area contributed by atoms with E-state index < -0.39 is 0 Å². The number of amides is 1. The maximum absolute atomic E-state index is 12.8. The summed E-state index contributed by atoms with van der Waals surface area (Å²) in [5, 5.41) is 8.28. The van der Waals surface area contributed by atoms with E-state index in [-0.39, 0.29) is 23.7 Å². The van der Waals surface area contributed by atoms with Crippen LogP contribution in [0.2, 0.25) is 0 Å². The number of rotatable bonds is 5. The van der Waals surface area contributed by atoms with Gasteiger partial charge in [0.15, 0.2) is 0 Å². The number of nitrogen functional groups attached to an aromatic ring is 1. The Hall–Kier alpha value is -2.87. The number of hydrogen-bond donors (Lipinski definition) is 2. The molecular formula is C20H25N7O. The number of piperidine rings is 1. The van der Waals surface area contributed by atoms with E-state index in [4.69, 9.17) is 11.1 Å². The Balaban J connectivity index is 1.23. The third kappa shape index (κ3) is 4.01. The topological polar surface area (TPSA) is 112 Å². The molecule has 0 atom stereocenters. The van der Waals surface area contributed by atoms with Crippen LogP contribution in [0, 0.1) is 17.2 Å². The molecule has 28 heavy (non-hydrogen) atoms. The highest BCUT2D eigenvalue weighted by Crippen LogP contribution is 2.26. The molecule has 0 radical (unpaired) electrons. The minimum atomic E-state index is 0.0869. The minimum absolute atomic E-state index is 0.0869. The van der Waals surface area contributed by atoms with Gasteiger partial charge >= 0.3 is 0 Å². The molecule has 2 aliphatic rings. The predicted octanol–water partition coefficient (Wildman–Crippen LogP) is 1.19. The molecule has 146 valence electrons. The molecule has 0 aliphatic carbocycles. The molecule has 2 fully saturated rings. The SMILES string of the molecule is N=C(c1ccccn1)C1CN(C(=O)C2CCN(Cc3cnc(N)nc3)CC2)C1. The number of hydrogen-bond acceptors (Lipinski definition) is 7. The Kier molecular flexibility index (Phi) is 5.29. The summed E-state index contributed by atoms with van der Waals surface area (Å²) in [5.41, 5.74) is 7.80. The maximum atomic E-state index is 12.8. The first-order valence-corrected chi connectivity index (χ1v) is 9.67. The van der Waals surface area contributed by atoms with Crippen LogP contribution in [-0.4, -0.2) is 62.5 Å². The minimum Gasteiger partial charge on any atom is -0.368 e. The number of nitrogens with one attached hydrogen (secondary N) is 1. The van der Waals surface area contributed by atoms with Gasteiger partial charge in [0.05, 0.1) is 11.4 Å². The number of aromatic nitrogens is 3. The second kappa shape index (κ2) is 8.02. The fraction of sp³-hybridized carbons (Fsp3) is 0.450. The lowest BCUT2D eigenvalue weighted by Crippen LogP contribution is -2.55. The highest BCUT2D eigenvalue weighted by atomic mass is 16.2. The predicted molar refractivity (Wildman–Crippen MR) is 106 cm³/mol. The van der Waals surface area contributed by atoms with Gasteiger partial charge in [-0.3, -0.25) is 14.7 Å². The van der Waals surface area contributed by atoms with Crippen molar-refractivity contribution in [1.29, 1.82) is 5.41 Å². The van der Waals surface area contributed by atoms with Crippen molar-refractivity contribution in [3.8, 4) is 0 Å². The zero-order valence-corrected chi connectivity index (χ0v) is 15.8. The summed E-state index contributed by atoms with van der Waals surface area (Å²) < 4.78 is 0. The Morgan fingerprint density at radius 1 is 1.11 bits per heavy atom. The van der Waals surface area contributed by atoms with E-state index in [1.54, 1.807) is 18.6 Å². The fourth-order valence-corrected chi connectivity index (χ4v) is 3.87. The largest absolute Gasteiger partial charge is 0.368 e. The zero-order valence-electron chi connectivity index (χ0n) is 15.8. The van der Waals surface area contributed by atoms with Gasteiger partial charge in [-0.2, -0.15) is 0 Å². The Labute approximate surface area is 164 Å². The second-order valence-electron chi connectivity index (χ2n) is 7.57. The van der Waals surface area contributed by atoms with Crippen LogP contribution in [0.15, 0.2) is 36.8 Å². The van der Waals surface area contributed by atoms with Crippen molar-refractivity contribution in [2.75, 3.05) is 31.9 Å². The summed E-state index contributed by atoms with van der Waals surface area (Å²) >= 11 is 0.